The molecule has 7 heteroatoms. The largest absolute Gasteiger partial charge is 0.398 e. The van der Waals surface area contributed by atoms with Crippen molar-refractivity contribution in [1.29, 1.82) is 0 Å². The molecule has 3 N–H and O–H groups in total. The van der Waals surface area contributed by atoms with Crippen LogP contribution >= 0.6 is 15.9 Å². The van der Waals surface area contributed by atoms with E-state index in [1.807, 2.05) is 0 Å². The average Bonchev–Trinajstić information content (AvgIpc) is 2.31. The minimum atomic E-state index is -3.74. The lowest BCUT2D eigenvalue weighted by Gasteiger charge is -2.11. The van der Waals surface area contributed by atoms with Crippen molar-refractivity contribution < 1.29 is 8.42 Å². The molecule has 1 aromatic carbocycles. The summed E-state index contributed by atoms with van der Waals surface area (Å²) >= 11 is 3.23. The standard InChI is InChI=1S/C12H12BrN3O2S/c1-8-3-2-6-15-12(8)16-19(17,18)11-5-4-9(13)7-10(11)14/h2-7H,14H2,1H3,(H,15,16). The van der Waals surface area contributed by atoms with Gasteiger partial charge in [0.2, 0.25) is 0 Å². The van der Waals surface area contributed by atoms with Gasteiger partial charge in [0.25, 0.3) is 10.0 Å². The second-order valence-electron chi connectivity index (χ2n) is 3.96. The summed E-state index contributed by atoms with van der Waals surface area (Å²) in [5.41, 5.74) is 6.64. The third-order valence-corrected chi connectivity index (χ3v) is 4.41. The van der Waals surface area contributed by atoms with Crippen LogP contribution in [0.5, 0.6) is 0 Å². The number of halogens is 1. The Kier molecular flexibility index (Phi) is 3.77. The number of nitrogens with one attached hydrogen (secondary N) is 1. The molecule has 0 spiro atoms. The van der Waals surface area contributed by atoms with Gasteiger partial charge in [0.1, 0.15) is 10.7 Å². The number of nitrogen functional groups attached to an aromatic ring is 1. The molecule has 19 heavy (non-hydrogen) atoms. The topological polar surface area (TPSA) is 85.1 Å². The summed E-state index contributed by atoms with van der Waals surface area (Å²) in [4.78, 5) is 4.02. The maximum Gasteiger partial charge on any atom is 0.265 e. The van der Waals surface area contributed by atoms with Crippen molar-refractivity contribution >= 4 is 37.5 Å². The molecule has 0 atom stereocenters. The lowest BCUT2D eigenvalue weighted by atomic mass is 10.3. The Morgan fingerprint density at radius 1 is 1.32 bits per heavy atom. The van der Waals surface area contributed by atoms with Crippen molar-refractivity contribution in [3.05, 3.63) is 46.6 Å². The first-order chi connectivity index (χ1) is 8.90. The molecule has 0 amide bonds. The summed E-state index contributed by atoms with van der Waals surface area (Å²) in [6.45, 7) is 1.77. The molecule has 0 saturated carbocycles. The van der Waals surface area contributed by atoms with Crippen LogP contribution in [0.25, 0.3) is 0 Å². The number of aryl methyl sites for hydroxylation is 1. The van der Waals surface area contributed by atoms with Crippen LogP contribution in [0, 0.1) is 6.92 Å². The number of hydrogen-bond acceptors (Lipinski definition) is 4. The van der Waals surface area contributed by atoms with E-state index in [0.717, 1.165) is 10.0 Å². The highest BCUT2D eigenvalue weighted by molar-refractivity contribution is 9.10. The number of rotatable bonds is 3. The van der Waals surface area contributed by atoms with Crippen LogP contribution in [0.1, 0.15) is 5.56 Å². The third-order valence-electron chi connectivity index (χ3n) is 2.50. The van der Waals surface area contributed by atoms with E-state index in [1.54, 1.807) is 31.2 Å². The zero-order valence-corrected chi connectivity index (χ0v) is 12.5. The van der Waals surface area contributed by atoms with Gasteiger partial charge >= 0.3 is 0 Å². The van der Waals surface area contributed by atoms with Crippen LogP contribution in [-0.4, -0.2) is 13.4 Å². The molecule has 5 nitrogen and oxygen atoms in total. The maximum absolute atomic E-state index is 12.2. The monoisotopic (exact) mass is 341 g/mol. The maximum atomic E-state index is 12.2. The smallest absolute Gasteiger partial charge is 0.265 e. The Balaban J connectivity index is 2.41. The Morgan fingerprint density at radius 2 is 2.05 bits per heavy atom. The van der Waals surface area contributed by atoms with Gasteiger partial charge in [-0.05, 0) is 36.8 Å². The first kappa shape index (κ1) is 13.8. The van der Waals surface area contributed by atoms with Gasteiger partial charge < -0.3 is 5.73 Å². The second-order valence-corrected chi connectivity index (χ2v) is 6.52. The summed E-state index contributed by atoms with van der Waals surface area (Å²) < 4.78 is 27.6. The zero-order valence-electron chi connectivity index (χ0n) is 10.1. The van der Waals surface area contributed by atoms with Crippen LogP contribution in [0.4, 0.5) is 11.5 Å². The van der Waals surface area contributed by atoms with E-state index < -0.39 is 10.0 Å². The molecule has 0 aliphatic rings. The summed E-state index contributed by atoms with van der Waals surface area (Å²) in [5, 5.41) is 0. The lowest BCUT2D eigenvalue weighted by Crippen LogP contribution is -2.16. The molecule has 0 aliphatic carbocycles. The molecule has 2 rings (SSSR count). The Morgan fingerprint density at radius 3 is 2.68 bits per heavy atom. The fraction of sp³-hybridized carbons (Fsp3) is 0.0833. The van der Waals surface area contributed by atoms with Gasteiger partial charge in [-0.15, -0.1) is 0 Å². The number of benzene rings is 1. The summed E-state index contributed by atoms with van der Waals surface area (Å²) in [6.07, 6.45) is 1.52. The van der Waals surface area contributed by atoms with Gasteiger partial charge in [0.05, 0.1) is 5.69 Å². The molecular weight excluding hydrogens is 330 g/mol. The molecule has 0 unspecified atom stereocenters. The minimum absolute atomic E-state index is 0.0285. The summed E-state index contributed by atoms with van der Waals surface area (Å²) in [7, 11) is -3.74. The number of nitrogens with two attached hydrogens (primary N) is 1. The average molecular weight is 342 g/mol. The summed E-state index contributed by atoms with van der Waals surface area (Å²) in [5.74, 6) is 0.296. The predicted molar refractivity (Wildman–Crippen MR) is 78.3 cm³/mol. The highest BCUT2D eigenvalue weighted by Gasteiger charge is 2.18. The minimum Gasteiger partial charge on any atom is -0.398 e. The highest BCUT2D eigenvalue weighted by Crippen LogP contribution is 2.25. The van der Waals surface area contributed by atoms with E-state index in [0.29, 0.717) is 5.82 Å². The first-order valence-corrected chi connectivity index (χ1v) is 7.67. The van der Waals surface area contributed by atoms with Crippen molar-refractivity contribution in [2.75, 3.05) is 10.5 Å². The van der Waals surface area contributed by atoms with Gasteiger partial charge in [-0.25, -0.2) is 13.4 Å². The van der Waals surface area contributed by atoms with Crippen LogP contribution in [-0.2, 0) is 10.0 Å². The van der Waals surface area contributed by atoms with Gasteiger partial charge in [-0.1, -0.05) is 22.0 Å². The van der Waals surface area contributed by atoms with Crippen LogP contribution < -0.4 is 10.5 Å². The van der Waals surface area contributed by atoms with Crippen molar-refractivity contribution in [2.24, 2.45) is 0 Å². The first-order valence-electron chi connectivity index (χ1n) is 5.39. The Labute approximate surface area is 120 Å². The van der Waals surface area contributed by atoms with E-state index in [9.17, 15) is 8.42 Å². The van der Waals surface area contributed by atoms with Crippen molar-refractivity contribution in [2.45, 2.75) is 11.8 Å². The Hall–Kier alpha value is -1.60. The molecule has 0 saturated heterocycles. The third kappa shape index (κ3) is 3.05. The van der Waals surface area contributed by atoms with E-state index in [4.69, 9.17) is 5.73 Å². The van der Waals surface area contributed by atoms with Crippen LogP contribution in [0.3, 0.4) is 0 Å². The fourth-order valence-electron chi connectivity index (χ4n) is 1.54. The molecule has 1 aromatic heterocycles. The van der Waals surface area contributed by atoms with E-state index in [1.165, 1.54) is 12.3 Å². The van der Waals surface area contributed by atoms with Crippen LogP contribution in [0.15, 0.2) is 45.9 Å². The van der Waals surface area contributed by atoms with Crippen LogP contribution in [0.2, 0.25) is 0 Å². The lowest BCUT2D eigenvalue weighted by molar-refractivity contribution is 0.601. The molecule has 0 fully saturated rings. The molecule has 2 aromatic rings. The molecule has 1 heterocycles. The van der Waals surface area contributed by atoms with E-state index in [-0.39, 0.29) is 10.6 Å². The SMILES string of the molecule is Cc1cccnc1NS(=O)(=O)c1ccc(Br)cc1N. The van der Waals surface area contributed by atoms with Gasteiger partial charge in [0.15, 0.2) is 0 Å². The molecule has 0 radical (unpaired) electrons. The number of hydrogen-bond donors (Lipinski definition) is 2. The number of anilines is 2. The normalized spacial score (nSPS) is 11.3. The van der Waals surface area contributed by atoms with Gasteiger partial charge in [-0.3, -0.25) is 4.72 Å². The number of sulfonamides is 1. The molecule has 0 aliphatic heterocycles. The number of nitrogens with zero attached hydrogens (tertiary/aromatic N) is 1. The predicted octanol–water partition coefficient (Wildman–Crippen LogP) is 2.54. The molecule has 100 valence electrons. The van der Waals surface area contributed by atoms with Gasteiger partial charge in [-0.2, -0.15) is 0 Å². The van der Waals surface area contributed by atoms with Gasteiger partial charge in [0, 0.05) is 10.7 Å². The highest BCUT2D eigenvalue weighted by atomic mass is 79.9. The van der Waals surface area contributed by atoms with Crippen molar-refractivity contribution in [1.82, 2.24) is 4.98 Å². The number of aromatic nitrogens is 1. The zero-order chi connectivity index (χ0) is 14.0. The van der Waals surface area contributed by atoms with Crippen molar-refractivity contribution in [3.63, 3.8) is 0 Å². The second kappa shape index (κ2) is 5.18. The Bertz CT molecular complexity index is 717. The fourth-order valence-corrected chi connectivity index (χ4v) is 3.11. The number of pyridine rings is 1. The quantitative estimate of drug-likeness (QED) is 0.840. The summed E-state index contributed by atoms with van der Waals surface area (Å²) in [6, 6.07) is 8.12. The van der Waals surface area contributed by atoms with E-state index in [2.05, 4.69) is 25.6 Å². The van der Waals surface area contributed by atoms with Crippen molar-refractivity contribution in [3.8, 4) is 0 Å². The van der Waals surface area contributed by atoms with E-state index >= 15 is 0 Å². The molecular formula is C12H12BrN3O2S. The molecule has 0 bridgehead atoms.